The van der Waals surface area contributed by atoms with E-state index >= 15 is 0 Å². The summed E-state index contributed by atoms with van der Waals surface area (Å²) in [5.74, 6) is 0.972. The largest absolute Gasteiger partial charge is 0.383 e. The molecule has 7 nitrogen and oxygen atoms in total. The number of aromatic nitrogens is 3. The van der Waals surface area contributed by atoms with Crippen molar-refractivity contribution in [3.05, 3.63) is 53.6 Å². The summed E-state index contributed by atoms with van der Waals surface area (Å²) in [6, 6.07) is 7.53. The second kappa shape index (κ2) is 7.76. The highest BCUT2D eigenvalue weighted by Crippen LogP contribution is 2.33. The van der Waals surface area contributed by atoms with Crippen LogP contribution in [0.4, 0.5) is 0 Å². The number of methoxy groups -OCH3 is 1. The van der Waals surface area contributed by atoms with E-state index < -0.39 is 10.0 Å². The summed E-state index contributed by atoms with van der Waals surface area (Å²) in [5, 5.41) is 0. The van der Waals surface area contributed by atoms with Crippen molar-refractivity contribution in [3.8, 4) is 0 Å². The van der Waals surface area contributed by atoms with E-state index in [4.69, 9.17) is 9.72 Å². The summed E-state index contributed by atoms with van der Waals surface area (Å²) in [7, 11) is -1.82. The number of fused-ring (bicyclic) bond motifs is 2. The Kier molecular flexibility index (Phi) is 5.08. The number of hydrogen-bond acceptors (Lipinski definition) is 5. The van der Waals surface area contributed by atoms with Gasteiger partial charge in [0.05, 0.1) is 28.7 Å². The minimum Gasteiger partial charge on any atom is -0.383 e. The van der Waals surface area contributed by atoms with E-state index in [2.05, 4.69) is 9.55 Å². The molecule has 1 atom stereocenters. The van der Waals surface area contributed by atoms with Gasteiger partial charge in [-0.05, 0) is 55.0 Å². The zero-order chi connectivity index (χ0) is 20.7. The fourth-order valence-corrected chi connectivity index (χ4v) is 6.28. The molecule has 3 aromatic rings. The average Bonchev–Trinajstić information content (AvgIpc) is 3.49. The minimum atomic E-state index is -3.50. The fraction of sp³-hybridized carbons (Fsp3) is 0.455. The van der Waals surface area contributed by atoms with Crippen LogP contribution in [-0.4, -0.2) is 54.1 Å². The molecule has 1 aliphatic heterocycles. The summed E-state index contributed by atoms with van der Waals surface area (Å²) in [6.45, 7) is 2.19. The molecule has 1 fully saturated rings. The monoisotopic (exact) mass is 426 g/mol. The van der Waals surface area contributed by atoms with Crippen LogP contribution in [0.25, 0.3) is 11.0 Å². The third kappa shape index (κ3) is 3.33. The van der Waals surface area contributed by atoms with Crippen molar-refractivity contribution >= 4 is 21.1 Å². The molecule has 0 N–H and O–H groups in total. The van der Waals surface area contributed by atoms with Crippen molar-refractivity contribution in [2.24, 2.45) is 0 Å². The lowest BCUT2D eigenvalue weighted by Gasteiger charge is -2.18. The summed E-state index contributed by atoms with van der Waals surface area (Å²) in [5.41, 5.74) is 4.31. The van der Waals surface area contributed by atoms with Gasteiger partial charge >= 0.3 is 0 Å². The Morgan fingerprint density at radius 2 is 2.07 bits per heavy atom. The van der Waals surface area contributed by atoms with E-state index in [0.717, 1.165) is 42.5 Å². The van der Waals surface area contributed by atoms with Gasteiger partial charge in [0.1, 0.15) is 5.82 Å². The molecule has 0 spiro atoms. The van der Waals surface area contributed by atoms with Gasteiger partial charge in [-0.15, -0.1) is 0 Å². The Labute approximate surface area is 176 Å². The molecule has 8 heteroatoms. The van der Waals surface area contributed by atoms with Crippen LogP contribution in [0.1, 0.15) is 35.7 Å². The molecule has 0 saturated carbocycles. The molecule has 0 radical (unpaired) electrons. The molecule has 2 aromatic heterocycles. The summed E-state index contributed by atoms with van der Waals surface area (Å²) < 4.78 is 35.6. The van der Waals surface area contributed by atoms with Crippen LogP contribution < -0.4 is 0 Å². The van der Waals surface area contributed by atoms with Crippen LogP contribution >= 0.6 is 0 Å². The predicted molar refractivity (Wildman–Crippen MR) is 114 cm³/mol. The van der Waals surface area contributed by atoms with Crippen molar-refractivity contribution in [1.29, 1.82) is 0 Å². The Bertz CT molecular complexity index is 1190. The molecule has 1 saturated heterocycles. The Balaban J connectivity index is 1.43. The molecule has 158 valence electrons. The molecular weight excluding hydrogens is 400 g/mol. The number of sulfonamides is 1. The van der Waals surface area contributed by atoms with Crippen molar-refractivity contribution in [3.63, 3.8) is 0 Å². The fourth-order valence-electron chi connectivity index (χ4n) is 4.73. The second-order valence-corrected chi connectivity index (χ2v) is 10.0. The molecule has 0 bridgehead atoms. The molecule has 1 unspecified atom stereocenters. The molecule has 3 heterocycles. The van der Waals surface area contributed by atoms with Gasteiger partial charge in [-0.1, -0.05) is 6.07 Å². The number of rotatable bonds is 6. The van der Waals surface area contributed by atoms with Crippen LogP contribution in [-0.2, 0) is 34.1 Å². The number of benzene rings is 1. The maximum absolute atomic E-state index is 13.3. The van der Waals surface area contributed by atoms with Gasteiger partial charge in [0.15, 0.2) is 0 Å². The van der Waals surface area contributed by atoms with E-state index in [9.17, 15) is 8.42 Å². The molecule has 1 aromatic carbocycles. The first kappa shape index (κ1) is 19.7. The number of pyridine rings is 1. The van der Waals surface area contributed by atoms with Gasteiger partial charge in [-0.2, -0.15) is 4.31 Å². The number of hydrogen-bond donors (Lipinski definition) is 0. The minimum absolute atomic E-state index is 0.0541. The van der Waals surface area contributed by atoms with Gasteiger partial charge in [0.2, 0.25) is 10.0 Å². The maximum Gasteiger partial charge on any atom is 0.243 e. The quantitative estimate of drug-likeness (QED) is 0.606. The van der Waals surface area contributed by atoms with Crippen LogP contribution in [0.2, 0.25) is 0 Å². The van der Waals surface area contributed by atoms with E-state index in [1.54, 1.807) is 23.7 Å². The third-order valence-electron chi connectivity index (χ3n) is 6.32. The lowest BCUT2D eigenvalue weighted by atomic mass is 10.1. The zero-order valence-electron chi connectivity index (χ0n) is 17.1. The maximum atomic E-state index is 13.3. The Morgan fingerprint density at radius 3 is 2.93 bits per heavy atom. The Hall–Kier alpha value is -2.29. The smallest absolute Gasteiger partial charge is 0.243 e. The molecule has 30 heavy (non-hydrogen) atoms. The molecule has 5 rings (SSSR count). The molecule has 1 aliphatic carbocycles. The predicted octanol–water partition coefficient (Wildman–Crippen LogP) is 2.74. The molecular formula is C22H26N4O3S. The van der Waals surface area contributed by atoms with E-state index in [-0.39, 0.29) is 5.92 Å². The highest BCUT2D eigenvalue weighted by Gasteiger charge is 2.36. The average molecular weight is 427 g/mol. The highest BCUT2D eigenvalue weighted by atomic mass is 32.2. The van der Waals surface area contributed by atoms with E-state index in [1.165, 1.54) is 11.1 Å². The number of nitrogens with zero attached hydrogens (tertiary/aromatic N) is 4. The van der Waals surface area contributed by atoms with Crippen molar-refractivity contribution in [2.45, 2.75) is 43.0 Å². The number of ether oxygens (including phenoxy) is 1. The lowest BCUT2D eigenvalue weighted by molar-refractivity contribution is 0.187. The first-order valence-electron chi connectivity index (χ1n) is 10.5. The lowest BCUT2D eigenvalue weighted by Crippen LogP contribution is -2.29. The van der Waals surface area contributed by atoms with Gasteiger partial charge < -0.3 is 9.30 Å². The van der Waals surface area contributed by atoms with Crippen LogP contribution in [0.5, 0.6) is 0 Å². The second-order valence-electron chi connectivity index (χ2n) is 8.11. The first-order chi connectivity index (χ1) is 14.6. The number of imidazole rings is 1. The van der Waals surface area contributed by atoms with Gasteiger partial charge in [-0.25, -0.2) is 13.4 Å². The molecule has 2 aliphatic rings. The van der Waals surface area contributed by atoms with Crippen molar-refractivity contribution in [2.75, 3.05) is 26.8 Å². The summed E-state index contributed by atoms with van der Waals surface area (Å²) >= 11 is 0. The van der Waals surface area contributed by atoms with Gasteiger partial charge in [0.25, 0.3) is 0 Å². The van der Waals surface area contributed by atoms with E-state index in [1.807, 2.05) is 24.4 Å². The first-order valence-corrected chi connectivity index (χ1v) is 11.9. The van der Waals surface area contributed by atoms with Crippen LogP contribution in [0, 0.1) is 0 Å². The van der Waals surface area contributed by atoms with Gasteiger partial charge in [-0.3, -0.25) is 4.98 Å². The standard InChI is InChI=1S/C22H26N4O3S/c1-29-12-11-26-21-14-23-9-7-20(21)24-22(26)18-8-10-25(15-18)30(27,28)19-6-5-16-3-2-4-17(16)13-19/h5-7,9,13-14,18H,2-4,8,10-12,15H2,1H3. The van der Waals surface area contributed by atoms with E-state index in [0.29, 0.717) is 31.1 Å². The zero-order valence-corrected chi connectivity index (χ0v) is 17.9. The topological polar surface area (TPSA) is 77.3 Å². The highest BCUT2D eigenvalue weighted by molar-refractivity contribution is 7.89. The van der Waals surface area contributed by atoms with Crippen LogP contribution in [0.3, 0.4) is 0 Å². The summed E-state index contributed by atoms with van der Waals surface area (Å²) in [6.07, 6.45) is 7.44. The molecule has 0 amide bonds. The normalized spacial score (nSPS) is 19.6. The van der Waals surface area contributed by atoms with Crippen molar-refractivity contribution < 1.29 is 13.2 Å². The van der Waals surface area contributed by atoms with Crippen molar-refractivity contribution in [1.82, 2.24) is 18.8 Å². The van der Waals surface area contributed by atoms with Crippen LogP contribution in [0.15, 0.2) is 41.6 Å². The van der Waals surface area contributed by atoms with Gasteiger partial charge in [0, 0.05) is 38.9 Å². The summed E-state index contributed by atoms with van der Waals surface area (Å²) in [4.78, 5) is 9.48. The number of aryl methyl sites for hydroxylation is 2. The third-order valence-corrected chi connectivity index (χ3v) is 8.18. The SMILES string of the molecule is COCCn1c(C2CCN(S(=O)(=O)c3ccc4c(c3)CCC4)C2)nc2ccncc21. The Morgan fingerprint density at radius 1 is 1.20 bits per heavy atom.